The van der Waals surface area contributed by atoms with E-state index in [1.807, 2.05) is 26.2 Å². The van der Waals surface area contributed by atoms with Crippen LogP contribution in [0.5, 0.6) is 0 Å². The van der Waals surface area contributed by atoms with Gasteiger partial charge in [0.2, 0.25) is 0 Å². The van der Waals surface area contributed by atoms with Crippen LogP contribution in [0.2, 0.25) is 0 Å². The van der Waals surface area contributed by atoms with Crippen LogP contribution in [0.15, 0.2) is 12.1 Å². The van der Waals surface area contributed by atoms with Gasteiger partial charge in [0.05, 0.1) is 5.69 Å². The van der Waals surface area contributed by atoms with E-state index >= 15 is 0 Å². The van der Waals surface area contributed by atoms with E-state index < -0.39 is 0 Å². The van der Waals surface area contributed by atoms with Gasteiger partial charge in [-0.1, -0.05) is 6.07 Å². The second-order valence-electron chi connectivity index (χ2n) is 4.52. The lowest BCUT2D eigenvalue weighted by atomic mass is 10.0. The van der Waals surface area contributed by atoms with Crippen LogP contribution in [0.1, 0.15) is 30.0 Å². The van der Waals surface area contributed by atoms with Crippen LogP contribution >= 0.6 is 0 Å². The highest BCUT2D eigenvalue weighted by molar-refractivity contribution is 5.60. The second-order valence-corrected chi connectivity index (χ2v) is 4.52. The Labute approximate surface area is 101 Å². The third kappa shape index (κ3) is 2.11. The van der Waals surface area contributed by atoms with Gasteiger partial charge in [0, 0.05) is 25.7 Å². The zero-order valence-electron chi connectivity index (χ0n) is 10.1. The first-order valence-electron chi connectivity index (χ1n) is 5.78. The molecule has 1 aliphatic rings. The third-order valence-electron chi connectivity index (χ3n) is 3.18. The van der Waals surface area contributed by atoms with Crippen molar-refractivity contribution in [2.45, 2.75) is 18.9 Å². The normalized spacial score (nSPS) is 19.1. The number of halogens is 1. The molecule has 0 amide bonds. The highest BCUT2D eigenvalue weighted by atomic mass is 19.1. The minimum absolute atomic E-state index is 0.0540. The molecule has 0 aliphatic carbocycles. The molecule has 1 aromatic rings. The maximum absolute atomic E-state index is 14.3. The van der Waals surface area contributed by atoms with Crippen LogP contribution in [0.25, 0.3) is 0 Å². The molecule has 1 heterocycles. The molecule has 0 aromatic heterocycles. The molecule has 0 spiro atoms. The van der Waals surface area contributed by atoms with E-state index in [0.717, 1.165) is 19.4 Å². The average Bonchev–Trinajstić information content (AvgIpc) is 2.81. The summed E-state index contributed by atoms with van der Waals surface area (Å²) in [6.45, 7) is 0.918. The van der Waals surface area contributed by atoms with E-state index in [0.29, 0.717) is 11.3 Å². The molecule has 4 heteroatoms. The molecule has 2 rings (SSSR count). The first kappa shape index (κ1) is 11.9. The summed E-state index contributed by atoms with van der Waals surface area (Å²) < 4.78 is 14.3. The summed E-state index contributed by atoms with van der Waals surface area (Å²) in [5, 5.41) is 12.3. The largest absolute Gasteiger partial charge is 0.377 e. The van der Waals surface area contributed by atoms with Gasteiger partial charge >= 0.3 is 0 Å². The summed E-state index contributed by atoms with van der Waals surface area (Å²) in [6.07, 6.45) is 1.99. The number of nitrogens with one attached hydrogen (secondary N) is 1. The van der Waals surface area contributed by atoms with Crippen LogP contribution in [0.4, 0.5) is 10.1 Å². The minimum Gasteiger partial charge on any atom is -0.377 e. The fraction of sp³-hybridized carbons (Fsp3) is 0.462. The fourth-order valence-corrected chi connectivity index (χ4v) is 2.28. The maximum atomic E-state index is 14.3. The maximum Gasteiger partial charge on any atom is 0.147 e. The van der Waals surface area contributed by atoms with E-state index in [1.165, 1.54) is 0 Å². The summed E-state index contributed by atoms with van der Waals surface area (Å²) in [5.41, 5.74) is 1.39. The van der Waals surface area contributed by atoms with E-state index in [-0.39, 0.29) is 17.4 Å². The Morgan fingerprint density at radius 2 is 2.24 bits per heavy atom. The zero-order chi connectivity index (χ0) is 12.4. The SMILES string of the molecule is CN(C)c1ccc([C@H]2CCCN2)c(F)c1C#N. The molecule has 1 saturated heterocycles. The summed E-state index contributed by atoms with van der Waals surface area (Å²) in [4.78, 5) is 1.76. The van der Waals surface area contributed by atoms with Crippen molar-refractivity contribution in [1.29, 1.82) is 5.26 Å². The van der Waals surface area contributed by atoms with Crippen molar-refractivity contribution in [1.82, 2.24) is 5.32 Å². The molecule has 1 aliphatic heterocycles. The Bertz CT molecular complexity index is 456. The number of hydrogen-bond donors (Lipinski definition) is 1. The Hall–Kier alpha value is -1.60. The molecule has 1 aromatic carbocycles. The van der Waals surface area contributed by atoms with Crippen molar-refractivity contribution in [2.24, 2.45) is 0 Å². The highest BCUT2D eigenvalue weighted by Gasteiger charge is 2.23. The summed E-state index contributed by atoms with van der Waals surface area (Å²) in [5.74, 6) is -0.377. The zero-order valence-corrected chi connectivity index (χ0v) is 10.1. The van der Waals surface area contributed by atoms with Crippen molar-refractivity contribution in [3.8, 4) is 6.07 Å². The molecule has 0 radical (unpaired) electrons. The topological polar surface area (TPSA) is 39.1 Å². The van der Waals surface area contributed by atoms with E-state index in [9.17, 15) is 4.39 Å². The van der Waals surface area contributed by atoms with Crippen molar-refractivity contribution in [2.75, 3.05) is 25.5 Å². The number of nitriles is 1. The smallest absolute Gasteiger partial charge is 0.147 e. The lowest BCUT2D eigenvalue weighted by Gasteiger charge is -2.18. The number of nitrogens with zero attached hydrogens (tertiary/aromatic N) is 2. The third-order valence-corrected chi connectivity index (χ3v) is 3.18. The van der Waals surface area contributed by atoms with Crippen LogP contribution in [0.3, 0.4) is 0 Å². The van der Waals surface area contributed by atoms with E-state index in [2.05, 4.69) is 5.32 Å². The summed E-state index contributed by atoms with van der Waals surface area (Å²) >= 11 is 0. The molecular formula is C13H16FN3. The van der Waals surface area contributed by atoms with E-state index in [1.54, 1.807) is 11.0 Å². The van der Waals surface area contributed by atoms with Gasteiger partial charge in [-0.2, -0.15) is 5.26 Å². The van der Waals surface area contributed by atoms with Crippen molar-refractivity contribution in [3.63, 3.8) is 0 Å². The molecule has 1 N–H and O–H groups in total. The second kappa shape index (κ2) is 4.72. The first-order valence-corrected chi connectivity index (χ1v) is 5.78. The molecule has 0 bridgehead atoms. The fourth-order valence-electron chi connectivity index (χ4n) is 2.28. The van der Waals surface area contributed by atoms with Crippen LogP contribution < -0.4 is 10.2 Å². The number of hydrogen-bond acceptors (Lipinski definition) is 3. The van der Waals surface area contributed by atoms with Crippen molar-refractivity contribution >= 4 is 5.69 Å². The van der Waals surface area contributed by atoms with Crippen molar-refractivity contribution < 1.29 is 4.39 Å². The van der Waals surface area contributed by atoms with Crippen LogP contribution in [-0.2, 0) is 0 Å². The monoisotopic (exact) mass is 233 g/mol. The first-order chi connectivity index (χ1) is 8.15. The Balaban J connectivity index is 2.47. The van der Waals surface area contributed by atoms with Gasteiger partial charge in [-0.25, -0.2) is 4.39 Å². The van der Waals surface area contributed by atoms with Gasteiger partial charge in [-0.15, -0.1) is 0 Å². The molecule has 1 fully saturated rings. The summed E-state index contributed by atoms with van der Waals surface area (Å²) in [7, 11) is 3.62. The highest BCUT2D eigenvalue weighted by Crippen LogP contribution is 2.30. The average molecular weight is 233 g/mol. The summed E-state index contributed by atoms with van der Waals surface area (Å²) in [6, 6.07) is 5.62. The van der Waals surface area contributed by atoms with Crippen molar-refractivity contribution in [3.05, 3.63) is 29.1 Å². The van der Waals surface area contributed by atoms with Gasteiger partial charge in [0.1, 0.15) is 17.4 Å². The molecule has 0 saturated carbocycles. The number of rotatable bonds is 2. The van der Waals surface area contributed by atoms with Gasteiger partial charge in [-0.05, 0) is 25.5 Å². The number of anilines is 1. The molecule has 0 unspecified atom stereocenters. The van der Waals surface area contributed by atoms with E-state index in [4.69, 9.17) is 5.26 Å². The molecule has 1 atom stereocenters. The lowest BCUT2D eigenvalue weighted by molar-refractivity contribution is 0.556. The van der Waals surface area contributed by atoms with Crippen LogP contribution in [-0.4, -0.2) is 20.6 Å². The Morgan fingerprint density at radius 3 is 2.76 bits per heavy atom. The predicted octanol–water partition coefficient (Wildman–Crippen LogP) is 2.19. The molecule has 3 nitrogen and oxygen atoms in total. The standard InChI is InChI=1S/C13H16FN3/c1-17(2)12-6-5-9(11-4-3-7-16-11)13(14)10(12)8-15/h5-6,11,16H,3-4,7H2,1-2H3/t11-/m1/s1. The quantitative estimate of drug-likeness (QED) is 0.851. The Morgan fingerprint density at radius 1 is 1.47 bits per heavy atom. The molecule has 90 valence electrons. The lowest BCUT2D eigenvalue weighted by Crippen LogP contribution is -2.17. The minimum atomic E-state index is -0.377. The van der Waals surface area contributed by atoms with Crippen LogP contribution in [0, 0.1) is 17.1 Å². The van der Waals surface area contributed by atoms with Gasteiger partial charge in [0.25, 0.3) is 0 Å². The Kier molecular flexibility index (Phi) is 3.30. The van der Waals surface area contributed by atoms with Gasteiger partial charge < -0.3 is 10.2 Å². The van der Waals surface area contributed by atoms with Gasteiger partial charge in [-0.3, -0.25) is 0 Å². The predicted molar refractivity (Wildman–Crippen MR) is 65.4 cm³/mol. The molecule has 17 heavy (non-hydrogen) atoms. The molecular weight excluding hydrogens is 217 g/mol. The van der Waals surface area contributed by atoms with Gasteiger partial charge in [0.15, 0.2) is 0 Å². The number of benzene rings is 1.